The van der Waals surface area contributed by atoms with Crippen LogP contribution in [0.25, 0.3) is 0 Å². The number of hydrogen-bond acceptors (Lipinski definition) is 1. The van der Waals surface area contributed by atoms with Crippen molar-refractivity contribution in [1.82, 2.24) is 5.32 Å². The van der Waals surface area contributed by atoms with Crippen LogP contribution in [0.5, 0.6) is 0 Å². The molecule has 0 spiro atoms. The highest BCUT2D eigenvalue weighted by atomic mass is 127. The van der Waals surface area contributed by atoms with Crippen molar-refractivity contribution in [2.45, 2.75) is 39.2 Å². The Hall–Kier alpha value is -0.580. The lowest BCUT2D eigenvalue weighted by molar-refractivity contribution is 0.0910. The molecule has 3 atom stereocenters. The van der Waals surface area contributed by atoms with Crippen molar-refractivity contribution in [3.8, 4) is 0 Å². The quantitative estimate of drug-likeness (QED) is 0.801. The van der Waals surface area contributed by atoms with Crippen molar-refractivity contribution in [2.24, 2.45) is 11.8 Å². The van der Waals surface area contributed by atoms with E-state index in [1.54, 1.807) is 0 Å². The summed E-state index contributed by atoms with van der Waals surface area (Å²) < 4.78 is 1.16. The average Bonchev–Trinajstić information content (AvgIpc) is 2.34. The number of rotatable bonds is 2. The molecule has 0 aliphatic heterocycles. The molecule has 3 unspecified atom stereocenters. The first-order valence-electron chi connectivity index (χ1n) is 6.62. The highest BCUT2D eigenvalue weighted by Crippen LogP contribution is 2.29. The fraction of sp³-hybridized carbons (Fsp3) is 0.533. The largest absolute Gasteiger partial charge is 0.349 e. The lowest BCUT2D eigenvalue weighted by Crippen LogP contribution is -2.39. The van der Waals surface area contributed by atoms with Gasteiger partial charge in [-0.05, 0) is 78.0 Å². The van der Waals surface area contributed by atoms with Crippen LogP contribution in [0.1, 0.15) is 43.5 Å². The Morgan fingerprint density at radius 1 is 1.17 bits per heavy atom. The Labute approximate surface area is 123 Å². The third-order valence-electron chi connectivity index (χ3n) is 4.04. The molecule has 3 heteroatoms. The fourth-order valence-electron chi connectivity index (χ4n) is 2.55. The van der Waals surface area contributed by atoms with Gasteiger partial charge in [0.05, 0.1) is 0 Å². The summed E-state index contributed by atoms with van der Waals surface area (Å²) in [5, 5.41) is 3.16. The zero-order chi connectivity index (χ0) is 13.1. The van der Waals surface area contributed by atoms with Gasteiger partial charge in [0.15, 0.2) is 0 Å². The molecule has 2 nitrogen and oxygen atoms in total. The van der Waals surface area contributed by atoms with Crippen LogP contribution in [-0.2, 0) is 0 Å². The highest BCUT2D eigenvalue weighted by Gasteiger charge is 2.25. The second kappa shape index (κ2) is 6.04. The molecule has 0 radical (unpaired) electrons. The van der Waals surface area contributed by atoms with Crippen molar-refractivity contribution < 1.29 is 4.79 Å². The van der Waals surface area contributed by atoms with Gasteiger partial charge in [-0.3, -0.25) is 4.79 Å². The van der Waals surface area contributed by atoms with Crippen molar-refractivity contribution in [1.29, 1.82) is 0 Å². The van der Waals surface area contributed by atoms with Gasteiger partial charge in [-0.25, -0.2) is 0 Å². The molecule has 1 amide bonds. The summed E-state index contributed by atoms with van der Waals surface area (Å²) in [7, 11) is 0. The highest BCUT2D eigenvalue weighted by molar-refractivity contribution is 14.1. The molecule has 1 saturated carbocycles. The molecular formula is C15H20INO. The van der Waals surface area contributed by atoms with Gasteiger partial charge in [0, 0.05) is 15.2 Å². The minimum absolute atomic E-state index is 0.0677. The monoisotopic (exact) mass is 357 g/mol. The zero-order valence-corrected chi connectivity index (χ0v) is 13.1. The van der Waals surface area contributed by atoms with Gasteiger partial charge in [0.1, 0.15) is 0 Å². The standard InChI is InChI=1S/C15H20INO/c1-10-3-8-14(9-11(10)2)17-15(18)12-4-6-13(16)7-5-12/h4-7,10-11,14H,3,8-9H2,1-2H3,(H,17,18). The molecule has 2 rings (SSSR count). The summed E-state index contributed by atoms with van der Waals surface area (Å²) in [5.74, 6) is 1.57. The second-order valence-corrected chi connectivity index (χ2v) is 6.69. The van der Waals surface area contributed by atoms with Gasteiger partial charge >= 0.3 is 0 Å². The molecule has 1 aliphatic carbocycles. The lowest BCUT2D eigenvalue weighted by atomic mass is 9.79. The van der Waals surface area contributed by atoms with E-state index in [9.17, 15) is 4.79 Å². The smallest absolute Gasteiger partial charge is 0.251 e. The Morgan fingerprint density at radius 3 is 2.44 bits per heavy atom. The van der Waals surface area contributed by atoms with Crippen LogP contribution in [0.2, 0.25) is 0 Å². The fourth-order valence-corrected chi connectivity index (χ4v) is 2.91. The van der Waals surface area contributed by atoms with Crippen molar-refractivity contribution >= 4 is 28.5 Å². The molecule has 1 aliphatic rings. The SMILES string of the molecule is CC1CCC(NC(=O)c2ccc(I)cc2)CC1C. The summed E-state index contributed by atoms with van der Waals surface area (Å²) >= 11 is 2.25. The predicted molar refractivity (Wildman–Crippen MR) is 82.6 cm³/mol. The summed E-state index contributed by atoms with van der Waals surface area (Å²) in [6.45, 7) is 4.59. The maximum Gasteiger partial charge on any atom is 0.251 e. The number of carbonyl (C=O) groups excluding carboxylic acids is 1. The van der Waals surface area contributed by atoms with Crippen molar-refractivity contribution in [3.63, 3.8) is 0 Å². The number of amides is 1. The van der Waals surface area contributed by atoms with Crippen molar-refractivity contribution in [3.05, 3.63) is 33.4 Å². The van der Waals surface area contributed by atoms with E-state index in [2.05, 4.69) is 41.8 Å². The van der Waals surface area contributed by atoms with Crippen LogP contribution >= 0.6 is 22.6 Å². The van der Waals surface area contributed by atoms with Gasteiger partial charge in [0.2, 0.25) is 0 Å². The van der Waals surface area contributed by atoms with E-state index in [4.69, 9.17) is 0 Å². The molecule has 18 heavy (non-hydrogen) atoms. The molecule has 98 valence electrons. The number of nitrogens with one attached hydrogen (secondary N) is 1. The lowest BCUT2D eigenvalue weighted by Gasteiger charge is -2.32. The number of carbonyl (C=O) groups is 1. The molecule has 0 aromatic heterocycles. The molecule has 0 heterocycles. The molecule has 1 fully saturated rings. The molecule has 1 N–H and O–H groups in total. The number of hydrogen-bond donors (Lipinski definition) is 1. The predicted octanol–water partition coefficient (Wildman–Crippen LogP) is 3.85. The van der Waals surface area contributed by atoms with Crippen LogP contribution in [0.3, 0.4) is 0 Å². The number of benzene rings is 1. The topological polar surface area (TPSA) is 29.1 Å². The first-order valence-corrected chi connectivity index (χ1v) is 7.70. The average molecular weight is 357 g/mol. The van der Waals surface area contributed by atoms with Gasteiger partial charge in [-0.1, -0.05) is 13.8 Å². The first kappa shape index (κ1) is 13.8. The van der Waals surface area contributed by atoms with Gasteiger partial charge in [-0.15, -0.1) is 0 Å². The van der Waals surface area contributed by atoms with Gasteiger partial charge < -0.3 is 5.32 Å². The number of halogens is 1. The first-order chi connectivity index (χ1) is 8.56. The van der Waals surface area contributed by atoms with E-state index in [0.29, 0.717) is 12.0 Å². The van der Waals surface area contributed by atoms with Crippen LogP contribution in [-0.4, -0.2) is 11.9 Å². The molecule has 0 saturated heterocycles. The van der Waals surface area contributed by atoms with E-state index in [1.165, 1.54) is 6.42 Å². The van der Waals surface area contributed by atoms with E-state index >= 15 is 0 Å². The van der Waals surface area contributed by atoms with E-state index in [1.807, 2.05) is 24.3 Å². The molecule has 1 aromatic carbocycles. The van der Waals surface area contributed by atoms with E-state index in [-0.39, 0.29) is 5.91 Å². The Balaban J connectivity index is 1.93. The third kappa shape index (κ3) is 3.46. The summed E-state index contributed by atoms with van der Waals surface area (Å²) in [5.41, 5.74) is 0.765. The zero-order valence-electron chi connectivity index (χ0n) is 10.9. The van der Waals surface area contributed by atoms with Crippen LogP contribution in [0.15, 0.2) is 24.3 Å². The summed E-state index contributed by atoms with van der Waals surface area (Å²) in [4.78, 5) is 12.1. The molecular weight excluding hydrogens is 337 g/mol. The van der Waals surface area contributed by atoms with Crippen LogP contribution in [0.4, 0.5) is 0 Å². The minimum Gasteiger partial charge on any atom is -0.349 e. The second-order valence-electron chi connectivity index (χ2n) is 5.44. The van der Waals surface area contributed by atoms with Crippen LogP contribution in [0, 0.1) is 15.4 Å². The molecule has 1 aromatic rings. The van der Waals surface area contributed by atoms with E-state index in [0.717, 1.165) is 27.9 Å². The third-order valence-corrected chi connectivity index (χ3v) is 4.76. The summed E-state index contributed by atoms with van der Waals surface area (Å²) in [6, 6.07) is 8.09. The normalized spacial score (nSPS) is 27.8. The van der Waals surface area contributed by atoms with Gasteiger partial charge in [-0.2, -0.15) is 0 Å². The maximum absolute atomic E-state index is 12.1. The van der Waals surface area contributed by atoms with E-state index < -0.39 is 0 Å². The minimum atomic E-state index is 0.0677. The Morgan fingerprint density at radius 2 is 1.83 bits per heavy atom. The maximum atomic E-state index is 12.1. The summed E-state index contributed by atoms with van der Waals surface area (Å²) in [6.07, 6.45) is 3.44. The Bertz CT molecular complexity index is 415. The molecule has 0 bridgehead atoms. The van der Waals surface area contributed by atoms with Crippen molar-refractivity contribution in [2.75, 3.05) is 0 Å². The van der Waals surface area contributed by atoms with Gasteiger partial charge in [0.25, 0.3) is 5.91 Å². The van der Waals surface area contributed by atoms with Crippen LogP contribution < -0.4 is 5.32 Å². The Kier molecular flexibility index (Phi) is 4.65.